The molecule has 0 aliphatic rings. The number of nitrogens with one attached hydrogen (secondary N) is 1. The maximum absolute atomic E-state index is 5.20. The molecule has 0 bridgehead atoms. The molecule has 0 fully saturated rings. The van der Waals surface area contributed by atoms with Gasteiger partial charge in [0.2, 0.25) is 0 Å². The van der Waals surface area contributed by atoms with Crippen LogP contribution in [0, 0.1) is 13.8 Å². The molecule has 6 heteroatoms. The van der Waals surface area contributed by atoms with Crippen LogP contribution in [0.15, 0.2) is 55.0 Å². The lowest BCUT2D eigenvalue weighted by atomic mass is 10.1. The van der Waals surface area contributed by atoms with Gasteiger partial charge in [-0.3, -0.25) is 0 Å². The predicted molar refractivity (Wildman–Crippen MR) is 106 cm³/mol. The molecule has 2 aromatic heterocycles. The zero-order valence-corrected chi connectivity index (χ0v) is 15.6. The normalized spacial score (nSPS) is 10.9. The molecule has 2 aromatic carbocycles. The molecule has 0 saturated heterocycles. The van der Waals surface area contributed by atoms with Crippen molar-refractivity contribution >= 4 is 16.9 Å². The first-order valence-electron chi connectivity index (χ1n) is 8.79. The zero-order valence-electron chi connectivity index (χ0n) is 15.6. The second-order valence-electron chi connectivity index (χ2n) is 6.49. The standard InChI is InChI=1S/C21H21N5O/c1-14-4-7-17(10-15(14)2)26-21-19(12-25-26)20(23-13-24-21)22-11-16-5-8-18(27-3)9-6-16/h4-10,12-13H,11H2,1-3H3,(H,22,23,24). The summed E-state index contributed by atoms with van der Waals surface area (Å²) in [6, 6.07) is 14.2. The van der Waals surface area contributed by atoms with Crippen molar-refractivity contribution < 1.29 is 4.74 Å². The molecular formula is C21H21N5O. The average molecular weight is 359 g/mol. The van der Waals surface area contributed by atoms with E-state index in [1.807, 2.05) is 28.9 Å². The van der Waals surface area contributed by atoms with Crippen LogP contribution in [0.5, 0.6) is 5.75 Å². The van der Waals surface area contributed by atoms with E-state index in [1.54, 1.807) is 19.6 Å². The molecule has 1 N–H and O–H groups in total. The Kier molecular flexibility index (Phi) is 4.46. The summed E-state index contributed by atoms with van der Waals surface area (Å²) in [6.45, 7) is 4.86. The number of rotatable bonds is 5. The van der Waals surface area contributed by atoms with Gasteiger partial charge in [-0.15, -0.1) is 0 Å². The summed E-state index contributed by atoms with van der Waals surface area (Å²) in [5, 5.41) is 8.81. The molecule has 0 amide bonds. The van der Waals surface area contributed by atoms with Crippen molar-refractivity contribution in [3.63, 3.8) is 0 Å². The van der Waals surface area contributed by atoms with E-state index in [2.05, 4.69) is 52.4 Å². The number of benzene rings is 2. The van der Waals surface area contributed by atoms with Crippen LogP contribution in [-0.4, -0.2) is 26.9 Å². The van der Waals surface area contributed by atoms with E-state index in [0.29, 0.717) is 6.54 Å². The van der Waals surface area contributed by atoms with Gasteiger partial charge in [0.1, 0.15) is 17.9 Å². The Balaban J connectivity index is 1.62. The molecular weight excluding hydrogens is 338 g/mol. The second-order valence-corrected chi connectivity index (χ2v) is 6.49. The lowest BCUT2D eigenvalue weighted by molar-refractivity contribution is 0.414. The van der Waals surface area contributed by atoms with Crippen molar-refractivity contribution in [2.75, 3.05) is 12.4 Å². The maximum atomic E-state index is 5.20. The number of hydrogen-bond donors (Lipinski definition) is 1. The van der Waals surface area contributed by atoms with E-state index in [4.69, 9.17) is 4.74 Å². The van der Waals surface area contributed by atoms with E-state index in [1.165, 1.54) is 11.1 Å². The number of aromatic nitrogens is 4. The predicted octanol–water partition coefficient (Wildman–Crippen LogP) is 4.05. The summed E-state index contributed by atoms with van der Waals surface area (Å²) < 4.78 is 7.05. The van der Waals surface area contributed by atoms with Gasteiger partial charge >= 0.3 is 0 Å². The maximum Gasteiger partial charge on any atom is 0.168 e. The highest BCUT2D eigenvalue weighted by molar-refractivity contribution is 5.87. The molecule has 0 saturated carbocycles. The van der Waals surface area contributed by atoms with E-state index < -0.39 is 0 Å². The number of anilines is 1. The van der Waals surface area contributed by atoms with Crippen LogP contribution in [-0.2, 0) is 6.54 Å². The van der Waals surface area contributed by atoms with Crippen molar-refractivity contribution in [1.82, 2.24) is 19.7 Å². The van der Waals surface area contributed by atoms with Crippen molar-refractivity contribution in [3.05, 3.63) is 71.7 Å². The van der Waals surface area contributed by atoms with Crippen molar-refractivity contribution in [1.29, 1.82) is 0 Å². The van der Waals surface area contributed by atoms with Crippen molar-refractivity contribution in [2.24, 2.45) is 0 Å². The van der Waals surface area contributed by atoms with Crippen LogP contribution in [0.25, 0.3) is 16.7 Å². The van der Waals surface area contributed by atoms with E-state index >= 15 is 0 Å². The van der Waals surface area contributed by atoms with Crippen LogP contribution in [0.3, 0.4) is 0 Å². The Bertz CT molecular complexity index is 1090. The summed E-state index contributed by atoms with van der Waals surface area (Å²) in [5.41, 5.74) is 5.40. The summed E-state index contributed by atoms with van der Waals surface area (Å²) in [4.78, 5) is 8.83. The van der Waals surface area contributed by atoms with E-state index in [-0.39, 0.29) is 0 Å². The highest BCUT2D eigenvalue weighted by Gasteiger charge is 2.11. The first-order chi connectivity index (χ1) is 13.2. The van der Waals surface area contributed by atoms with Crippen LogP contribution < -0.4 is 10.1 Å². The first kappa shape index (κ1) is 17.0. The molecule has 6 nitrogen and oxygen atoms in total. The summed E-state index contributed by atoms with van der Waals surface area (Å²) in [5.74, 6) is 1.61. The molecule has 0 radical (unpaired) electrons. The average Bonchev–Trinajstić information content (AvgIpc) is 3.13. The molecule has 0 atom stereocenters. The quantitative estimate of drug-likeness (QED) is 0.582. The minimum absolute atomic E-state index is 0.658. The van der Waals surface area contributed by atoms with E-state index in [0.717, 1.165) is 33.9 Å². The van der Waals surface area contributed by atoms with Crippen molar-refractivity contribution in [3.8, 4) is 11.4 Å². The SMILES string of the molecule is COc1ccc(CNc2ncnc3c2cnn3-c2ccc(C)c(C)c2)cc1. The summed E-state index contributed by atoms with van der Waals surface area (Å²) >= 11 is 0. The van der Waals surface area contributed by atoms with Gasteiger partial charge in [-0.2, -0.15) is 5.10 Å². The van der Waals surface area contributed by atoms with Gasteiger partial charge in [-0.05, 0) is 54.8 Å². The highest BCUT2D eigenvalue weighted by atomic mass is 16.5. The third-order valence-electron chi connectivity index (χ3n) is 4.72. The largest absolute Gasteiger partial charge is 0.497 e. The Labute approximate surface area is 157 Å². The van der Waals surface area contributed by atoms with Gasteiger partial charge in [0.05, 0.1) is 24.4 Å². The Morgan fingerprint density at radius 3 is 2.56 bits per heavy atom. The third-order valence-corrected chi connectivity index (χ3v) is 4.72. The lowest BCUT2D eigenvalue weighted by Crippen LogP contribution is -2.03. The molecule has 136 valence electrons. The van der Waals surface area contributed by atoms with Gasteiger partial charge in [0.15, 0.2) is 5.65 Å². The highest BCUT2D eigenvalue weighted by Crippen LogP contribution is 2.23. The van der Waals surface area contributed by atoms with Crippen LogP contribution in [0.4, 0.5) is 5.82 Å². The minimum atomic E-state index is 0.658. The second kappa shape index (κ2) is 7.07. The lowest BCUT2D eigenvalue weighted by Gasteiger charge is -2.08. The third kappa shape index (κ3) is 3.33. The summed E-state index contributed by atoms with van der Waals surface area (Å²) in [6.07, 6.45) is 3.37. The molecule has 0 spiro atoms. The summed E-state index contributed by atoms with van der Waals surface area (Å²) in [7, 11) is 1.66. The molecule has 4 aromatic rings. The van der Waals surface area contributed by atoms with Gasteiger partial charge < -0.3 is 10.1 Å². The Morgan fingerprint density at radius 1 is 1.00 bits per heavy atom. The molecule has 2 heterocycles. The van der Waals surface area contributed by atoms with Gasteiger partial charge in [-0.25, -0.2) is 14.6 Å². The Morgan fingerprint density at radius 2 is 1.81 bits per heavy atom. The van der Waals surface area contributed by atoms with Crippen LogP contribution in [0.1, 0.15) is 16.7 Å². The molecule has 0 aliphatic carbocycles. The smallest absolute Gasteiger partial charge is 0.168 e. The number of aryl methyl sites for hydroxylation is 2. The van der Waals surface area contributed by atoms with Crippen LogP contribution in [0.2, 0.25) is 0 Å². The molecule has 27 heavy (non-hydrogen) atoms. The monoisotopic (exact) mass is 359 g/mol. The number of ether oxygens (including phenoxy) is 1. The molecule has 4 rings (SSSR count). The zero-order chi connectivity index (χ0) is 18.8. The van der Waals surface area contributed by atoms with E-state index in [9.17, 15) is 0 Å². The fraction of sp³-hybridized carbons (Fsp3) is 0.190. The molecule has 0 aliphatic heterocycles. The molecule has 0 unspecified atom stereocenters. The fourth-order valence-electron chi connectivity index (χ4n) is 2.96. The number of methoxy groups -OCH3 is 1. The topological polar surface area (TPSA) is 64.9 Å². The minimum Gasteiger partial charge on any atom is -0.497 e. The van der Waals surface area contributed by atoms with Gasteiger partial charge in [-0.1, -0.05) is 18.2 Å². The first-order valence-corrected chi connectivity index (χ1v) is 8.79. The number of nitrogens with zero attached hydrogens (tertiary/aromatic N) is 4. The van der Waals surface area contributed by atoms with Crippen molar-refractivity contribution in [2.45, 2.75) is 20.4 Å². The number of fused-ring (bicyclic) bond motifs is 1. The van der Waals surface area contributed by atoms with Gasteiger partial charge in [0, 0.05) is 6.54 Å². The number of hydrogen-bond acceptors (Lipinski definition) is 5. The van der Waals surface area contributed by atoms with Gasteiger partial charge in [0.25, 0.3) is 0 Å². The Hall–Kier alpha value is -3.41. The van der Waals surface area contributed by atoms with Crippen LogP contribution >= 0.6 is 0 Å². The fourth-order valence-corrected chi connectivity index (χ4v) is 2.96.